The molecule has 0 amide bonds. The van der Waals surface area contributed by atoms with E-state index in [4.69, 9.17) is 0 Å². The molecule has 2 atom stereocenters. The molecule has 0 N–H and O–H groups in total. The zero-order valence-electron chi connectivity index (χ0n) is 11.3. The molecule has 0 aliphatic heterocycles. The van der Waals surface area contributed by atoms with E-state index in [1.54, 1.807) is 16.7 Å². The van der Waals surface area contributed by atoms with E-state index in [-0.39, 0.29) is 0 Å². The van der Waals surface area contributed by atoms with E-state index in [0.717, 1.165) is 12.3 Å². The Kier molecular flexibility index (Phi) is 2.38. The van der Waals surface area contributed by atoms with Crippen molar-refractivity contribution < 1.29 is 0 Å². The first-order chi connectivity index (χ1) is 9.34. The van der Waals surface area contributed by atoms with E-state index in [1.807, 2.05) is 0 Å². The van der Waals surface area contributed by atoms with Gasteiger partial charge in [0.1, 0.15) is 0 Å². The topological polar surface area (TPSA) is 0 Å². The van der Waals surface area contributed by atoms with Crippen molar-refractivity contribution >= 4 is 5.57 Å². The van der Waals surface area contributed by atoms with Gasteiger partial charge in [0.25, 0.3) is 0 Å². The fraction of sp³-hybridized carbons (Fsp3) is 0.263. The SMILES string of the molecule is CC1Cc2ccccc2C1C1=CCc2ccccc21. The zero-order valence-corrected chi connectivity index (χ0v) is 11.3. The Bertz CT molecular complexity index is 663. The average Bonchev–Trinajstić information content (AvgIpc) is 2.98. The lowest BCUT2D eigenvalue weighted by Crippen LogP contribution is -2.05. The van der Waals surface area contributed by atoms with Crippen molar-refractivity contribution in [2.24, 2.45) is 5.92 Å². The molecule has 0 radical (unpaired) electrons. The van der Waals surface area contributed by atoms with Crippen LogP contribution in [0.25, 0.3) is 5.57 Å². The molecule has 0 aromatic heterocycles. The molecule has 0 saturated carbocycles. The molecule has 0 heteroatoms. The summed E-state index contributed by atoms with van der Waals surface area (Å²) in [4.78, 5) is 0. The van der Waals surface area contributed by atoms with Gasteiger partial charge in [-0.25, -0.2) is 0 Å². The van der Waals surface area contributed by atoms with Crippen molar-refractivity contribution in [1.82, 2.24) is 0 Å². The van der Waals surface area contributed by atoms with Crippen LogP contribution in [0.15, 0.2) is 54.6 Å². The van der Waals surface area contributed by atoms with E-state index >= 15 is 0 Å². The van der Waals surface area contributed by atoms with Crippen molar-refractivity contribution in [3.8, 4) is 0 Å². The summed E-state index contributed by atoms with van der Waals surface area (Å²) in [7, 11) is 0. The summed E-state index contributed by atoms with van der Waals surface area (Å²) in [6.07, 6.45) is 4.78. The minimum Gasteiger partial charge on any atom is -0.0757 e. The lowest BCUT2D eigenvalue weighted by molar-refractivity contribution is 0.580. The molecular weight excluding hydrogens is 228 g/mol. The highest BCUT2D eigenvalue weighted by molar-refractivity contribution is 5.79. The minimum absolute atomic E-state index is 0.597. The summed E-state index contributed by atoms with van der Waals surface area (Å²) >= 11 is 0. The van der Waals surface area contributed by atoms with Gasteiger partial charge in [0.15, 0.2) is 0 Å². The first kappa shape index (κ1) is 11.0. The second-order valence-electron chi connectivity index (χ2n) is 5.88. The van der Waals surface area contributed by atoms with Gasteiger partial charge in [0.05, 0.1) is 0 Å². The minimum atomic E-state index is 0.597. The number of rotatable bonds is 1. The summed E-state index contributed by atoms with van der Waals surface area (Å²) in [5.74, 6) is 1.31. The van der Waals surface area contributed by atoms with Gasteiger partial charge in [-0.2, -0.15) is 0 Å². The van der Waals surface area contributed by atoms with Crippen LogP contribution in [0.2, 0.25) is 0 Å². The number of fused-ring (bicyclic) bond motifs is 2. The van der Waals surface area contributed by atoms with Crippen LogP contribution in [0.5, 0.6) is 0 Å². The van der Waals surface area contributed by atoms with Gasteiger partial charge in [0.2, 0.25) is 0 Å². The van der Waals surface area contributed by atoms with E-state index in [9.17, 15) is 0 Å². The highest BCUT2D eigenvalue weighted by Crippen LogP contribution is 2.48. The molecule has 2 aromatic rings. The van der Waals surface area contributed by atoms with E-state index < -0.39 is 0 Å². The first-order valence-electron chi connectivity index (χ1n) is 7.21. The third-order valence-corrected chi connectivity index (χ3v) is 4.71. The molecule has 2 aromatic carbocycles. The van der Waals surface area contributed by atoms with Crippen molar-refractivity contribution in [1.29, 1.82) is 0 Å². The molecule has 0 spiro atoms. The summed E-state index contributed by atoms with van der Waals surface area (Å²) in [6, 6.07) is 17.9. The average molecular weight is 246 g/mol. The lowest BCUT2D eigenvalue weighted by atomic mass is 9.84. The molecule has 94 valence electrons. The summed E-state index contributed by atoms with van der Waals surface area (Å²) in [5.41, 5.74) is 7.64. The summed E-state index contributed by atoms with van der Waals surface area (Å²) < 4.78 is 0. The fourth-order valence-electron chi connectivity index (χ4n) is 3.87. The van der Waals surface area contributed by atoms with Gasteiger partial charge in [0, 0.05) is 5.92 Å². The second-order valence-corrected chi connectivity index (χ2v) is 5.88. The Balaban J connectivity index is 1.83. The second kappa shape index (κ2) is 4.09. The van der Waals surface area contributed by atoms with Gasteiger partial charge < -0.3 is 0 Å². The maximum Gasteiger partial charge on any atom is 0.0124 e. The molecule has 0 bridgehead atoms. The van der Waals surface area contributed by atoms with Crippen LogP contribution in [-0.2, 0) is 12.8 Å². The number of hydrogen-bond acceptors (Lipinski definition) is 0. The van der Waals surface area contributed by atoms with E-state index in [2.05, 4.69) is 61.5 Å². The molecular formula is C19H18. The number of hydrogen-bond donors (Lipinski definition) is 0. The Morgan fingerprint density at radius 3 is 2.53 bits per heavy atom. The summed E-state index contributed by atoms with van der Waals surface area (Å²) in [5, 5.41) is 0. The predicted octanol–water partition coefficient (Wildman–Crippen LogP) is 4.60. The van der Waals surface area contributed by atoms with Crippen LogP contribution < -0.4 is 0 Å². The molecule has 0 fully saturated rings. The number of benzene rings is 2. The van der Waals surface area contributed by atoms with Crippen LogP contribution >= 0.6 is 0 Å². The first-order valence-corrected chi connectivity index (χ1v) is 7.21. The van der Waals surface area contributed by atoms with Gasteiger partial charge >= 0.3 is 0 Å². The maximum absolute atomic E-state index is 2.45. The third-order valence-electron chi connectivity index (χ3n) is 4.71. The van der Waals surface area contributed by atoms with Crippen LogP contribution in [0.4, 0.5) is 0 Å². The number of allylic oxidation sites excluding steroid dienone is 2. The monoisotopic (exact) mass is 246 g/mol. The normalized spacial score (nSPS) is 23.9. The van der Waals surface area contributed by atoms with Crippen molar-refractivity contribution in [2.75, 3.05) is 0 Å². The van der Waals surface area contributed by atoms with Gasteiger partial charge in [-0.3, -0.25) is 0 Å². The predicted molar refractivity (Wildman–Crippen MR) is 80.2 cm³/mol. The van der Waals surface area contributed by atoms with Gasteiger partial charge in [-0.05, 0) is 46.6 Å². The van der Waals surface area contributed by atoms with Crippen molar-refractivity contribution in [3.63, 3.8) is 0 Å². The lowest BCUT2D eigenvalue weighted by Gasteiger charge is -2.20. The van der Waals surface area contributed by atoms with E-state index in [1.165, 1.54) is 17.5 Å². The molecule has 2 unspecified atom stereocenters. The standard InChI is InChI=1S/C19H18/c1-13-12-15-7-3-5-9-17(15)19(13)18-11-10-14-6-2-4-8-16(14)18/h2-9,11,13,19H,10,12H2,1H3. The molecule has 4 rings (SSSR count). The van der Waals surface area contributed by atoms with E-state index in [0.29, 0.717) is 5.92 Å². The highest BCUT2D eigenvalue weighted by Gasteiger charge is 2.33. The Morgan fingerprint density at radius 1 is 0.895 bits per heavy atom. The largest absolute Gasteiger partial charge is 0.0757 e. The Morgan fingerprint density at radius 2 is 1.63 bits per heavy atom. The smallest absolute Gasteiger partial charge is 0.0124 e. The summed E-state index contributed by atoms with van der Waals surface area (Å²) in [6.45, 7) is 2.40. The molecule has 0 heterocycles. The van der Waals surface area contributed by atoms with Gasteiger partial charge in [-0.15, -0.1) is 0 Å². The van der Waals surface area contributed by atoms with Crippen LogP contribution in [0.3, 0.4) is 0 Å². The zero-order chi connectivity index (χ0) is 12.8. The molecule has 2 aliphatic carbocycles. The van der Waals surface area contributed by atoms with Crippen LogP contribution in [0, 0.1) is 5.92 Å². The highest BCUT2D eigenvalue weighted by atomic mass is 14.4. The quantitative estimate of drug-likeness (QED) is 0.689. The molecule has 0 saturated heterocycles. The Labute approximate surface area is 114 Å². The maximum atomic E-state index is 2.45. The molecule has 2 aliphatic rings. The van der Waals surface area contributed by atoms with Crippen molar-refractivity contribution in [2.45, 2.75) is 25.7 Å². The third kappa shape index (κ3) is 1.59. The Hall–Kier alpha value is -1.82. The van der Waals surface area contributed by atoms with Gasteiger partial charge in [-0.1, -0.05) is 61.5 Å². The fourth-order valence-corrected chi connectivity index (χ4v) is 3.87. The molecule has 0 nitrogen and oxygen atoms in total. The molecule has 19 heavy (non-hydrogen) atoms. The van der Waals surface area contributed by atoms with Crippen molar-refractivity contribution in [3.05, 3.63) is 76.9 Å². The van der Waals surface area contributed by atoms with Crippen LogP contribution in [0.1, 0.15) is 35.1 Å². The van der Waals surface area contributed by atoms with Crippen LogP contribution in [-0.4, -0.2) is 0 Å².